The minimum absolute atomic E-state index is 0.00224. The van der Waals surface area contributed by atoms with Gasteiger partial charge in [-0.15, -0.1) is 0 Å². The van der Waals surface area contributed by atoms with Crippen molar-refractivity contribution < 1.29 is 9.21 Å². The lowest BCUT2D eigenvalue weighted by Gasteiger charge is -2.33. The Bertz CT molecular complexity index is 668. The van der Waals surface area contributed by atoms with E-state index in [0.29, 0.717) is 5.76 Å². The molecule has 4 heteroatoms. The first kappa shape index (κ1) is 15.6. The van der Waals surface area contributed by atoms with Crippen molar-refractivity contribution in [3.8, 4) is 0 Å². The predicted octanol–water partition coefficient (Wildman–Crippen LogP) is 3.06. The van der Waals surface area contributed by atoms with E-state index in [2.05, 4.69) is 29.2 Å². The highest BCUT2D eigenvalue weighted by Gasteiger charge is 2.23. The zero-order valence-corrected chi connectivity index (χ0v) is 13.4. The molecule has 0 unspecified atom stereocenters. The van der Waals surface area contributed by atoms with Gasteiger partial charge >= 0.3 is 0 Å². The maximum atomic E-state index is 12.3. The molecule has 1 aromatic heterocycles. The van der Waals surface area contributed by atoms with E-state index in [4.69, 9.17) is 4.42 Å². The van der Waals surface area contributed by atoms with Gasteiger partial charge in [-0.1, -0.05) is 42.5 Å². The number of hydrogen-bond acceptors (Lipinski definition) is 3. The van der Waals surface area contributed by atoms with Gasteiger partial charge in [-0.05, 0) is 24.1 Å². The van der Waals surface area contributed by atoms with Crippen LogP contribution in [0.3, 0.4) is 0 Å². The maximum Gasteiger partial charge on any atom is 0.289 e. The summed E-state index contributed by atoms with van der Waals surface area (Å²) in [5.74, 6) is 0.442. The second kappa shape index (κ2) is 7.29. The van der Waals surface area contributed by atoms with Crippen molar-refractivity contribution in [3.63, 3.8) is 0 Å². The fourth-order valence-electron chi connectivity index (χ4n) is 2.73. The Balaban J connectivity index is 1.47. The maximum absolute atomic E-state index is 12.3. The fraction of sp³-hybridized carbons (Fsp3) is 0.316. The molecule has 4 nitrogen and oxygen atoms in total. The Hall–Kier alpha value is -2.33. The van der Waals surface area contributed by atoms with E-state index in [9.17, 15) is 4.79 Å². The molecule has 1 aliphatic heterocycles. The summed E-state index contributed by atoms with van der Waals surface area (Å²) in [4.78, 5) is 16.5. The fourth-order valence-corrected chi connectivity index (χ4v) is 2.73. The van der Waals surface area contributed by atoms with E-state index in [1.807, 2.05) is 30.0 Å². The average molecular weight is 310 g/mol. The number of aryl methyl sites for hydroxylation is 1. The number of amides is 1. The summed E-state index contributed by atoms with van der Waals surface area (Å²) < 4.78 is 5.30. The number of carbonyl (C=O) groups excluding carboxylic acids is 1. The molecule has 0 saturated carbocycles. The molecule has 0 atom stereocenters. The lowest BCUT2D eigenvalue weighted by atomic mass is 10.2. The Labute approximate surface area is 137 Å². The molecule has 0 aliphatic carbocycles. The van der Waals surface area contributed by atoms with Gasteiger partial charge in [0.25, 0.3) is 5.91 Å². The zero-order chi connectivity index (χ0) is 16.1. The summed E-state index contributed by atoms with van der Waals surface area (Å²) in [5, 5.41) is 0. The Morgan fingerprint density at radius 1 is 1.17 bits per heavy atom. The van der Waals surface area contributed by atoms with E-state index in [0.717, 1.165) is 38.3 Å². The molecule has 1 saturated heterocycles. The largest absolute Gasteiger partial charge is 0.459 e. The van der Waals surface area contributed by atoms with Crippen molar-refractivity contribution in [2.24, 2.45) is 0 Å². The second-order valence-electron chi connectivity index (χ2n) is 5.89. The van der Waals surface area contributed by atoms with Crippen LogP contribution in [0.2, 0.25) is 0 Å². The van der Waals surface area contributed by atoms with Crippen LogP contribution < -0.4 is 0 Å². The summed E-state index contributed by atoms with van der Waals surface area (Å²) >= 11 is 0. The van der Waals surface area contributed by atoms with Crippen LogP contribution in [-0.2, 0) is 0 Å². The van der Waals surface area contributed by atoms with Gasteiger partial charge in [0.05, 0.1) is 6.26 Å². The van der Waals surface area contributed by atoms with Gasteiger partial charge in [0.1, 0.15) is 0 Å². The minimum Gasteiger partial charge on any atom is -0.459 e. The molecule has 2 aromatic rings. The van der Waals surface area contributed by atoms with E-state index < -0.39 is 0 Å². The molecule has 1 aromatic carbocycles. The number of furan rings is 1. The monoisotopic (exact) mass is 310 g/mol. The third-order valence-corrected chi connectivity index (χ3v) is 4.07. The van der Waals surface area contributed by atoms with Crippen LogP contribution in [0.1, 0.15) is 21.7 Å². The lowest BCUT2D eigenvalue weighted by molar-refractivity contribution is 0.0619. The van der Waals surface area contributed by atoms with E-state index >= 15 is 0 Å². The molecule has 23 heavy (non-hydrogen) atoms. The standard InChI is InChI=1S/C19H22N2O2/c1-16-14-18(23-15-16)19(22)21-12-10-20(11-13-21)9-5-8-17-6-3-2-4-7-17/h2-8,14-15H,9-13H2,1H3/b8-5+. The summed E-state index contributed by atoms with van der Waals surface area (Å²) in [6.07, 6.45) is 5.95. The average Bonchev–Trinajstić information content (AvgIpc) is 3.02. The van der Waals surface area contributed by atoms with Crippen molar-refractivity contribution >= 4 is 12.0 Å². The first-order chi connectivity index (χ1) is 11.2. The Morgan fingerprint density at radius 3 is 2.57 bits per heavy atom. The predicted molar refractivity (Wildman–Crippen MR) is 91.3 cm³/mol. The van der Waals surface area contributed by atoms with Crippen LogP contribution >= 0.6 is 0 Å². The topological polar surface area (TPSA) is 36.7 Å². The SMILES string of the molecule is Cc1coc(C(=O)N2CCN(C/C=C/c3ccccc3)CC2)c1. The molecule has 2 heterocycles. The normalized spacial score (nSPS) is 16.1. The van der Waals surface area contributed by atoms with E-state index in [1.54, 1.807) is 12.3 Å². The molecule has 1 fully saturated rings. The molecule has 0 spiro atoms. The van der Waals surface area contributed by atoms with Crippen molar-refractivity contribution in [2.75, 3.05) is 32.7 Å². The number of carbonyl (C=O) groups is 1. The smallest absolute Gasteiger partial charge is 0.289 e. The van der Waals surface area contributed by atoms with Crippen LogP contribution in [-0.4, -0.2) is 48.4 Å². The van der Waals surface area contributed by atoms with Crippen molar-refractivity contribution in [1.29, 1.82) is 0 Å². The number of piperazine rings is 1. The van der Waals surface area contributed by atoms with Gasteiger partial charge in [0.15, 0.2) is 5.76 Å². The lowest BCUT2D eigenvalue weighted by Crippen LogP contribution is -2.48. The van der Waals surface area contributed by atoms with Gasteiger partial charge in [0, 0.05) is 32.7 Å². The van der Waals surface area contributed by atoms with Gasteiger partial charge in [-0.25, -0.2) is 0 Å². The first-order valence-corrected chi connectivity index (χ1v) is 8.01. The number of benzene rings is 1. The van der Waals surface area contributed by atoms with E-state index in [1.165, 1.54) is 5.56 Å². The zero-order valence-electron chi connectivity index (χ0n) is 13.4. The van der Waals surface area contributed by atoms with Crippen LogP contribution in [0.15, 0.2) is 53.2 Å². The molecule has 0 bridgehead atoms. The van der Waals surface area contributed by atoms with Gasteiger partial charge in [0.2, 0.25) is 0 Å². The quantitative estimate of drug-likeness (QED) is 0.871. The number of hydrogen-bond donors (Lipinski definition) is 0. The summed E-state index contributed by atoms with van der Waals surface area (Å²) in [7, 11) is 0. The minimum atomic E-state index is -0.00224. The van der Waals surface area contributed by atoms with Gasteiger partial charge < -0.3 is 9.32 Å². The third kappa shape index (κ3) is 4.11. The summed E-state index contributed by atoms with van der Waals surface area (Å²) in [5.41, 5.74) is 2.20. The Kier molecular flexibility index (Phi) is 4.93. The van der Waals surface area contributed by atoms with Crippen LogP contribution in [0, 0.1) is 6.92 Å². The molecule has 120 valence electrons. The van der Waals surface area contributed by atoms with Gasteiger partial charge in [-0.2, -0.15) is 0 Å². The molecular weight excluding hydrogens is 288 g/mol. The van der Waals surface area contributed by atoms with Crippen molar-refractivity contribution in [2.45, 2.75) is 6.92 Å². The molecule has 1 aliphatic rings. The van der Waals surface area contributed by atoms with Crippen LogP contribution in [0.25, 0.3) is 6.08 Å². The molecule has 0 radical (unpaired) electrons. The van der Waals surface area contributed by atoms with E-state index in [-0.39, 0.29) is 5.91 Å². The number of nitrogens with zero attached hydrogens (tertiary/aromatic N) is 2. The van der Waals surface area contributed by atoms with Crippen molar-refractivity contribution in [1.82, 2.24) is 9.80 Å². The summed E-state index contributed by atoms with van der Waals surface area (Å²) in [6, 6.07) is 12.1. The van der Waals surface area contributed by atoms with Crippen LogP contribution in [0.5, 0.6) is 0 Å². The first-order valence-electron chi connectivity index (χ1n) is 8.01. The highest BCUT2D eigenvalue weighted by Crippen LogP contribution is 2.12. The summed E-state index contributed by atoms with van der Waals surface area (Å²) in [6.45, 7) is 6.12. The molecule has 0 N–H and O–H groups in total. The second-order valence-corrected chi connectivity index (χ2v) is 5.89. The highest BCUT2D eigenvalue weighted by atomic mass is 16.3. The number of rotatable bonds is 4. The molecule has 1 amide bonds. The third-order valence-electron chi connectivity index (χ3n) is 4.07. The molecular formula is C19H22N2O2. The van der Waals surface area contributed by atoms with Crippen LogP contribution in [0.4, 0.5) is 0 Å². The molecule has 3 rings (SSSR count). The van der Waals surface area contributed by atoms with Crippen molar-refractivity contribution in [3.05, 3.63) is 65.6 Å². The Morgan fingerprint density at radius 2 is 1.91 bits per heavy atom. The van der Waals surface area contributed by atoms with Gasteiger partial charge in [-0.3, -0.25) is 9.69 Å². The highest BCUT2D eigenvalue weighted by molar-refractivity contribution is 5.91.